The number of amides is 3. The van der Waals surface area contributed by atoms with Crippen LogP contribution < -0.4 is 10.6 Å². The van der Waals surface area contributed by atoms with E-state index in [1.165, 1.54) is 27.4 Å². The van der Waals surface area contributed by atoms with Crippen molar-refractivity contribution in [1.82, 2.24) is 20.5 Å². The Hall–Kier alpha value is -2.74. The van der Waals surface area contributed by atoms with Crippen LogP contribution in [-0.4, -0.2) is 45.2 Å². The fourth-order valence-corrected chi connectivity index (χ4v) is 5.77. The molecule has 1 aromatic carbocycles. The quantitative estimate of drug-likeness (QED) is 0.661. The number of hydrogen-bond acceptors (Lipinski definition) is 5. The van der Waals surface area contributed by atoms with Crippen LogP contribution in [0.1, 0.15) is 63.2 Å². The third-order valence-electron chi connectivity index (χ3n) is 6.42. The van der Waals surface area contributed by atoms with Crippen LogP contribution in [-0.2, 0) is 27.2 Å². The molecule has 4 rings (SSSR count). The van der Waals surface area contributed by atoms with Gasteiger partial charge in [0.1, 0.15) is 17.1 Å². The van der Waals surface area contributed by atoms with E-state index in [0.29, 0.717) is 11.4 Å². The summed E-state index contributed by atoms with van der Waals surface area (Å²) in [6, 6.07) is 5.82. The van der Waals surface area contributed by atoms with Crippen LogP contribution in [0.15, 0.2) is 35.8 Å². The zero-order valence-electron chi connectivity index (χ0n) is 20.5. The first-order chi connectivity index (χ1) is 16.0. The molecule has 1 saturated heterocycles. The number of thiazole rings is 1. The van der Waals surface area contributed by atoms with Gasteiger partial charge < -0.3 is 15.5 Å². The summed E-state index contributed by atoms with van der Waals surface area (Å²) in [5, 5.41) is 8.37. The Morgan fingerprint density at radius 1 is 1.21 bits per heavy atom. The SMILES string of the molecule is CC(C)C[C@@H]1C(=O)N[C@H](C2Cc3ccccc3C2)C(=O)N1C(C(=O)NC(C)(C)C)c1nccs1. The number of hydrogen-bond donors (Lipinski definition) is 2. The highest BCUT2D eigenvalue weighted by Crippen LogP contribution is 2.35. The molecule has 1 unspecified atom stereocenters. The molecule has 34 heavy (non-hydrogen) atoms. The highest BCUT2D eigenvalue weighted by molar-refractivity contribution is 7.09. The van der Waals surface area contributed by atoms with Gasteiger partial charge in [0.25, 0.3) is 0 Å². The van der Waals surface area contributed by atoms with E-state index in [1.54, 1.807) is 11.6 Å². The number of nitrogens with zero attached hydrogens (tertiary/aromatic N) is 2. The topological polar surface area (TPSA) is 91.4 Å². The second-order valence-electron chi connectivity index (χ2n) is 10.8. The molecule has 1 aliphatic heterocycles. The Morgan fingerprint density at radius 3 is 2.38 bits per heavy atom. The third-order valence-corrected chi connectivity index (χ3v) is 7.24. The number of aromatic nitrogens is 1. The number of piperazine rings is 1. The maximum atomic E-state index is 14.1. The molecule has 3 atom stereocenters. The fourth-order valence-electron chi connectivity index (χ4n) is 5.04. The third kappa shape index (κ3) is 5.02. The van der Waals surface area contributed by atoms with E-state index >= 15 is 0 Å². The predicted octanol–water partition coefficient (Wildman–Crippen LogP) is 3.26. The Balaban J connectivity index is 1.72. The molecule has 8 heteroatoms. The van der Waals surface area contributed by atoms with Crippen LogP contribution >= 0.6 is 11.3 Å². The van der Waals surface area contributed by atoms with Crippen molar-refractivity contribution in [3.05, 3.63) is 52.0 Å². The molecule has 7 nitrogen and oxygen atoms in total. The van der Waals surface area contributed by atoms with Crippen molar-refractivity contribution in [2.75, 3.05) is 0 Å². The van der Waals surface area contributed by atoms with E-state index < -0.39 is 23.7 Å². The zero-order chi connectivity index (χ0) is 24.6. The molecule has 0 saturated carbocycles. The summed E-state index contributed by atoms with van der Waals surface area (Å²) in [6.07, 6.45) is 3.56. The van der Waals surface area contributed by atoms with Gasteiger partial charge in [-0.25, -0.2) is 4.98 Å². The van der Waals surface area contributed by atoms with Gasteiger partial charge >= 0.3 is 0 Å². The van der Waals surface area contributed by atoms with E-state index in [-0.39, 0.29) is 29.6 Å². The van der Waals surface area contributed by atoms with E-state index in [0.717, 1.165) is 12.8 Å². The molecule has 0 radical (unpaired) electrons. The van der Waals surface area contributed by atoms with Gasteiger partial charge in [0.15, 0.2) is 6.04 Å². The molecule has 2 aromatic rings. The van der Waals surface area contributed by atoms with Crippen LogP contribution in [0, 0.1) is 11.8 Å². The predicted molar refractivity (Wildman–Crippen MR) is 132 cm³/mol. The summed E-state index contributed by atoms with van der Waals surface area (Å²) in [7, 11) is 0. The average molecular weight is 483 g/mol. The van der Waals surface area contributed by atoms with Crippen LogP contribution in [0.5, 0.6) is 0 Å². The number of rotatable bonds is 6. The Morgan fingerprint density at radius 2 is 1.85 bits per heavy atom. The number of nitrogens with one attached hydrogen (secondary N) is 2. The van der Waals surface area contributed by atoms with Gasteiger partial charge in [-0.2, -0.15) is 0 Å². The van der Waals surface area contributed by atoms with Gasteiger partial charge in [0.2, 0.25) is 17.7 Å². The summed E-state index contributed by atoms with van der Waals surface area (Å²) in [6.45, 7) is 9.74. The lowest BCUT2D eigenvalue weighted by Gasteiger charge is -2.44. The first-order valence-corrected chi connectivity index (χ1v) is 12.8. The van der Waals surface area contributed by atoms with Crippen molar-refractivity contribution < 1.29 is 14.4 Å². The van der Waals surface area contributed by atoms with E-state index in [9.17, 15) is 14.4 Å². The number of carbonyl (C=O) groups is 3. The molecule has 1 aromatic heterocycles. The first-order valence-electron chi connectivity index (χ1n) is 12.0. The number of benzene rings is 1. The molecule has 0 bridgehead atoms. The van der Waals surface area contributed by atoms with Gasteiger partial charge in [-0.3, -0.25) is 14.4 Å². The molecule has 2 aliphatic rings. The minimum absolute atomic E-state index is 0.0426. The van der Waals surface area contributed by atoms with Gasteiger partial charge in [-0.1, -0.05) is 38.1 Å². The molecular weight excluding hydrogens is 448 g/mol. The van der Waals surface area contributed by atoms with Crippen molar-refractivity contribution in [1.29, 1.82) is 0 Å². The zero-order valence-corrected chi connectivity index (χ0v) is 21.3. The van der Waals surface area contributed by atoms with Gasteiger partial charge in [-0.15, -0.1) is 11.3 Å². The lowest BCUT2D eigenvalue weighted by atomic mass is 9.89. The monoisotopic (exact) mass is 482 g/mol. The molecule has 1 aliphatic carbocycles. The standard InChI is InChI=1S/C26H34N4O3S/c1-15(2)12-19-22(31)28-20(18-13-16-8-6-7-9-17(16)14-18)25(33)30(19)21(24-27-10-11-34-24)23(32)29-26(3,4)5/h6-11,15,18-21H,12-14H2,1-5H3,(H,28,31)(H,29,32)/t19-,20-,21?/m1/s1. The van der Waals surface area contributed by atoms with E-state index in [2.05, 4.69) is 27.8 Å². The summed E-state index contributed by atoms with van der Waals surface area (Å²) in [5.41, 5.74) is 1.94. The van der Waals surface area contributed by atoms with Gasteiger partial charge in [0, 0.05) is 17.1 Å². The van der Waals surface area contributed by atoms with Crippen LogP contribution in [0.25, 0.3) is 0 Å². The smallest absolute Gasteiger partial charge is 0.250 e. The summed E-state index contributed by atoms with van der Waals surface area (Å²) >= 11 is 1.33. The summed E-state index contributed by atoms with van der Waals surface area (Å²) in [4.78, 5) is 47.1. The molecule has 182 valence electrons. The number of carbonyl (C=O) groups excluding carboxylic acids is 3. The first kappa shape index (κ1) is 24.4. The normalized spacial score (nSPS) is 22.0. The molecular formula is C26H34N4O3S. The van der Waals surface area contributed by atoms with Crippen molar-refractivity contribution in [3.63, 3.8) is 0 Å². The van der Waals surface area contributed by atoms with Gasteiger partial charge in [-0.05, 0) is 63.0 Å². The molecule has 3 amide bonds. The van der Waals surface area contributed by atoms with Gasteiger partial charge in [0.05, 0.1) is 0 Å². The molecule has 0 spiro atoms. The van der Waals surface area contributed by atoms with Crippen molar-refractivity contribution in [2.45, 2.75) is 77.5 Å². The molecule has 1 fully saturated rings. The van der Waals surface area contributed by atoms with Crippen LogP contribution in [0.2, 0.25) is 0 Å². The van der Waals surface area contributed by atoms with E-state index in [1.807, 2.05) is 46.8 Å². The lowest BCUT2D eigenvalue weighted by Crippen LogP contribution is -2.67. The highest BCUT2D eigenvalue weighted by Gasteiger charge is 2.50. The minimum Gasteiger partial charge on any atom is -0.349 e. The Bertz CT molecular complexity index is 1040. The second-order valence-corrected chi connectivity index (χ2v) is 11.8. The summed E-state index contributed by atoms with van der Waals surface area (Å²) < 4.78 is 0. The van der Waals surface area contributed by atoms with Crippen molar-refractivity contribution in [3.8, 4) is 0 Å². The minimum atomic E-state index is -0.951. The highest BCUT2D eigenvalue weighted by atomic mass is 32.1. The van der Waals surface area contributed by atoms with Crippen molar-refractivity contribution >= 4 is 29.1 Å². The van der Waals surface area contributed by atoms with Crippen molar-refractivity contribution in [2.24, 2.45) is 11.8 Å². The number of fused-ring (bicyclic) bond motifs is 1. The maximum Gasteiger partial charge on any atom is 0.250 e. The fraction of sp³-hybridized carbons (Fsp3) is 0.538. The maximum absolute atomic E-state index is 14.1. The largest absolute Gasteiger partial charge is 0.349 e. The average Bonchev–Trinajstić information content (AvgIpc) is 3.41. The summed E-state index contributed by atoms with van der Waals surface area (Å²) in [5.74, 6) is -0.584. The molecule has 2 N–H and O–H groups in total. The van der Waals surface area contributed by atoms with E-state index in [4.69, 9.17) is 0 Å². The van der Waals surface area contributed by atoms with Crippen LogP contribution in [0.3, 0.4) is 0 Å². The second kappa shape index (κ2) is 9.49. The Labute approximate surface area is 205 Å². The lowest BCUT2D eigenvalue weighted by molar-refractivity contribution is -0.158. The van der Waals surface area contributed by atoms with Crippen LogP contribution in [0.4, 0.5) is 0 Å². The Kier molecular flexibility index (Phi) is 6.80. The molecule has 2 heterocycles.